The fourth-order valence-electron chi connectivity index (χ4n) is 3.70. The summed E-state index contributed by atoms with van der Waals surface area (Å²) in [7, 11) is -0.257. The van der Waals surface area contributed by atoms with E-state index in [1.807, 2.05) is 19.0 Å². The van der Waals surface area contributed by atoms with E-state index in [-0.39, 0.29) is 22.6 Å². The maximum Gasteiger partial charge on any atom is 0.265 e. The highest BCUT2D eigenvalue weighted by Gasteiger charge is 2.33. The van der Waals surface area contributed by atoms with Gasteiger partial charge in [0.05, 0.1) is 7.11 Å². The number of rotatable bonds is 5. The first kappa shape index (κ1) is 21.0. The van der Waals surface area contributed by atoms with Gasteiger partial charge in [0.2, 0.25) is 10.0 Å². The first-order valence-electron chi connectivity index (χ1n) is 9.77. The number of ether oxygens (including phenoxy) is 1. The van der Waals surface area contributed by atoms with Crippen LogP contribution in [0.25, 0.3) is 0 Å². The van der Waals surface area contributed by atoms with Crippen LogP contribution >= 0.6 is 0 Å². The average molecular weight is 411 g/mol. The van der Waals surface area contributed by atoms with Crippen molar-refractivity contribution in [3.8, 4) is 5.75 Å². The van der Waals surface area contributed by atoms with Crippen LogP contribution in [0.2, 0.25) is 0 Å². The maximum absolute atomic E-state index is 13.3. The Morgan fingerprint density at radius 2 is 1.86 bits per heavy atom. The van der Waals surface area contributed by atoms with E-state index in [1.165, 1.54) is 17.5 Å². The topological polar surface area (TPSA) is 82.2 Å². The van der Waals surface area contributed by atoms with Crippen LogP contribution in [0.1, 0.15) is 36.5 Å². The van der Waals surface area contributed by atoms with Crippen molar-refractivity contribution in [3.05, 3.63) is 23.8 Å². The normalized spacial score (nSPS) is 22.8. The van der Waals surface area contributed by atoms with Crippen LogP contribution < -0.4 is 10.2 Å². The van der Waals surface area contributed by atoms with Crippen molar-refractivity contribution in [1.29, 1.82) is 0 Å². The molecule has 0 aliphatic carbocycles. The molecule has 2 aliphatic rings. The first-order chi connectivity index (χ1) is 13.3. The number of carbonyl (C=O) groups is 1. The molecule has 156 valence electrons. The highest BCUT2D eigenvalue weighted by atomic mass is 32.2. The Morgan fingerprint density at radius 1 is 1.14 bits per heavy atom. The van der Waals surface area contributed by atoms with Crippen LogP contribution in [0.5, 0.6) is 5.75 Å². The number of likely N-dealkylation sites (N-methyl/N-ethyl adjacent to an activating group) is 1. The van der Waals surface area contributed by atoms with Gasteiger partial charge in [0.15, 0.2) is 0 Å². The summed E-state index contributed by atoms with van der Waals surface area (Å²) in [6.07, 6.45) is 2.71. The van der Waals surface area contributed by atoms with Crippen molar-refractivity contribution in [2.45, 2.75) is 37.1 Å². The third-order valence-electron chi connectivity index (χ3n) is 5.52. The number of hydrazine groups is 1. The minimum atomic E-state index is -3.74. The Kier molecular flexibility index (Phi) is 6.59. The molecule has 2 saturated heterocycles. The molecule has 28 heavy (non-hydrogen) atoms. The average Bonchev–Trinajstić information content (AvgIpc) is 2.69. The van der Waals surface area contributed by atoms with Gasteiger partial charge in [-0.2, -0.15) is 4.31 Å². The van der Waals surface area contributed by atoms with E-state index in [0.29, 0.717) is 12.1 Å². The van der Waals surface area contributed by atoms with Gasteiger partial charge in [0.1, 0.15) is 10.6 Å². The SMILES string of the molecule is COc1ccc(C(=O)NN2CCN(C)CC2)cc1S(=O)(=O)N1CCCC[C@H]1C. The zero-order chi connectivity index (χ0) is 20.3. The highest BCUT2D eigenvalue weighted by molar-refractivity contribution is 7.89. The van der Waals surface area contributed by atoms with Gasteiger partial charge < -0.3 is 9.64 Å². The van der Waals surface area contributed by atoms with E-state index in [2.05, 4.69) is 10.3 Å². The third-order valence-corrected chi connectivity index (χ3v) is 7.55. The quantitative estimate of drug-likeness (QED) is 0.784. The molecule has 0 radical (unpaired) electrons. The number of sulfonamides is 1. The van der Waals surface area contributed by atoms with E-state index in [1.54, 1.807) is 12.1 Å². The van der Waals surface area contributed by atoms with Crippen molar-refractivity contribution in [2.75, 3.05) is 46.9 Å². The molecule has 3 rings (SSSR count). The summed E-state index contributed by atoms with van der Waals surface area (Å²) in [4.78, 5) is 14.9. The second-order valence-corrected chi connectivity index (χ2v) is 9.42. The summed E-state index contributed by atoms with van der Waals surface area (Å²) >= 11 is 0. The molecule has 1 aromatic rings. The number of hydrogen-bond acceptors (Lipinski definition) is 6. The van der Waals surface area contributed by atoms with Crippen LogP contribution in [-0.4, -0.2) is 81.5 Å². The molecule has 0 aromatic heterocycles. The molecule has 1 atom stereocenters. The van der Waals surface area contributed by atoms with Gasteiger partial charge >= 0.3 is 0 Å². The number of methoxy groups -OCH3 is 1. The number of carbonyl (C=O) groups excluding carboxylic acids is 1. The van der Waals surface area contributed by atoms with Gasteiger partial charge in [-0.25, -0.2) is 13.4 Å². The third kappa shape index (κ3) is 4.48. The second-order valence-electron chi connectivity index (χ2n) is 7.56. The number of piperidine rings is 1. The van der Waals surface area contributed by atoms with E-state index in [0.717, 1.165) is 45.4 Å². The molecule has 1 aromatic carbocycles. The van der Waals surface area contributed by atoms with Gasteiger partial charge in [-0.3, -0.25) is 10.2 Å². The summed E-state index contributed by atoms with van der Waals surface area (Å²) in [5.41, 5.74) is 3.19. The second kappa shape index (κ2) is 8.77. The molecular formula is C19H30N4O4S. The lowest BCUT2D eigenvalue weighted by Crippen LogP contribution is -2.52. The van der Waals surface area contributed by atoms with Crippen molar-refractivity contribution in [3.63, 3.8) is 0 Å². The summed E-state index contributed by atoms with van der Waals surface area (Å²) in [6, 6.07) is 4.52. The Morgan fingerprint density at radius 3 is 2.50 bits per heavy atom. The van der Waals surface area contributed by atoms with Crippen LogP contribution in [0, 0.1) is 0 Å². The Hall–Kier alpha value is -1.68. The number of piperazine rings is 1. The summed E-state index contributed by atoms with van der Waals surface area (Å²) in [6.45, 7) is 5.62. The number of benzene rings is 1. The zero-order valence-electron chi connectivity index (χ0n) is 16.8. The smallest absolute Gasteiger partial charge is 0.265 e. The minimum absolute atomic E-state index is 0.0507. The molecule has 0 bridgehead atoms. The standard InChI is InChI=1S/C19H30N4O4S/c1-15-6-4-5-9-23(15)28(25,26)18-14-16(7-8-17(18)27-3)19(24)20-22-12-10-21(2)11-13-22/h7-8,14-15H,4-6,9-13H2,1-3H3,(H,20,24)/t15-/m1/s1. The maximum atomic E-state index is 13.3. The van der Waals surface area contributed by atoms with Gasteiger partial charge in [-0.15, -0.1) is 0 Å². The van der Waals surface area contributed by atoms with Crippen molar-refractivity contribution in [1.82, 2.24) is 19.6 Å². The largest absolute Gasteiger partial charge is 0.495 e. The predicted molar refractivity (Wildman–Crippen MR) is 107 cm³/mol. The molecule has 0 saturated carbocycles. The fraction of sp³-hybridized carbons (Fsp3) is 0.632. The predicted octanol–water partition coefficient (Wildman–Crippen LogP) is 1.15. The van der Waals surface area contributed by atoms with Crippen molar-refractivity contribution in [2.24, 2.45) is 0 Å². The molecule has 8 nitrogen and oxygen atoms in total. The lowest BCUT2D eigenvalue weighted by Gasteiger charge is -2.33. The van der Waals surface area contributed by atoms with Gasteiger partial charge in [-0.05, 0) is 45.0 Å². The Balaban J connectivity index is 1.84. The Labute approximate surface area is 167 Å². The van der Waals surface area contributed by atoms with Gasteiger partial charge in [-0.1, -0.05) is 6.42 Å². The molecule has 2 aliphatic heterocycles. The highest BCUT2D eigenvalue weighted by Crippen LogP contribution is 2.31. The molecule has 2 fully saturated rings. The summed E-state index contributed by atoms with van der Waals surface area (Å²) in [5.74, 6) is -0.0516. The molecular weight excluding hydrogens is 380 g/mol. The summed E-state index contributed by atoms with van der Waals surface area (Å²) in [5, 5.41) is 1.87. The van der Waals surface area contributed by atoms with Crippen molar-refractivity contribution < 1.29 is 17.9 Å². The van der Waals surface area contributed by atoms with Gasteiger partial charge in [0, 0.05) is 44.3 Å². The number of amides is 1. The minimum Gasteiger partial charge on any atom is -0.495 e. The van der Waals surface area contributed by atoms with E-state index in [9.17, 15) is 13.2 Å². The first-order valence-corrected chi connectivity index (χ1v) is 11.2. The Bertz CT molecular complexity index is 806. The van der Waals surface area contributed by atoms with Crippen molar-refractivity contribution >= 4 is 15.9 Å². The van der Waals surface area contributed by atoms with Gasteiger partial charge in [0.25, 0.3) is 5.91 Å². The molecule has 0 unspecified atom stereocenters. The number of nitrogens with zero attached hydrogens (tertiary/aromatic N) is 3. The monoisotopic (exact) mass is 410 g/mol. The van der Waals surface area contributed by atoms with Crippen LogP contribution in [-0.2, 0) is 10.0 Å². The lowest BCUT2D eigenvalue weighted by molar-refractivity contribution is 0.0662. The zero-order valence-corrected chi connectivity index (χ0v) is 17.7. The fourth-order valence-corrected chi connectivity index (χ4v) is 5.58. The molecule has 9 heteroatoms. The molecule has 1 N–H and O–H groups in total. The molecule has 0 spiro atoms. The lowest BCUT2D eigenvalue weighted by atomic mass is 10.1. The van der Waals surface area contributed by atoms with Crippen LogP contribution in [0.15, 0.2) is 23.1 Å². The molecule has 1 amide bonds. The van der Waals surface area contributed by atoms with E-state index >= 15 is 0 Å². The number of hydrogen-bond donors (Lipinski definition) is 1. The summed E-state index contributed by atoms with van der Waals surface area (Å²) < 4.78 is 33.4. The van der Waals surface area contributed by atoms with Crippen LogP contribution in [0.4, 0.5) is 0 Å². The van der Waals surface area contributed by atoms with E-state index in [4.69, 9.17) is 4.74 Å². The van der Waals surface area contributed by atoms with Crippen LogP contribution in [0.3, 0.4) is 0 Å². The van der Waals surface area contributed by atoms with E-state index < -0.39 is 10.0 Å². The number of nitrogens with one attached hydrogen (secondary N) is 1. The molecule has 2 heterocycles.